The zero-order valence-corrected chi connectivity index (χ0v) is 27.1. The average molecular weight is 657 g/mol. The molecule has 6 heteroatoms. The van der Waals surface area contributed by atoms with E-state index < -0.39 is 11.2 Å². The van der Waals surface area contributed by atoms with Crippen LogP contribution < -0.4 is 9.47 Å². The molecule has 6 aromatic carbocycles. The summed E-state index contributed by atoms with van der Waals surface area (Å²) in [6, 6.07) is 42.0. The molecule has 0 atom stereocenters. The Labute approximate surface area is 290 Å². The monoisotopic (exact) mass is 656 g/mol. The molecule has 0 aliphatic carbocycles. The summed E-state index contributed by atoms with van der Waals surface area (Å²) in [6.07, 6.45) is 0. The Morgan fingerprint density at radius 3 is 1.16 bits per heavy atom. The molecule has 6 nitrogen and oxygen atoms in total. The van der Waals surface area contributed by atoms with Crippen LogP contribution in [0.3, 0.4) is 0 Å². The van der Waals surface area contributed by atoms with E-state index in [1.54, 1.807) is 0 Å². The predicted octanol–water partition coefficient (Wildman–Crippen LogP) is 7.96. The highest BCUT2D eigenvalue weighted by atomic mass is 16.5. The minimum atomic E-state index is -1.49. The average Bonchev–Trinajstić information content (AvgIpc) is 3.15. The summed E-state index contributed by atoms with van der Waals surface area (Å²) in [6.45, 7) is 1.09. The van der Waals surface area contributed by atoms with Crippen molar-refractivity contribution in [2.75, 3.05) is 13.2 Å². The van der Waals surface area contributed by atoms with Gasteiger partial charge in [-0.1, -0.05) is 121 Å². The Morgan fingerprint density at radius 2 is 0.800 bits per heavy atom. The zero-order chi connectivity index (χ0) is 34.0. The molecule has 50 heavy (non-hydrogen) atoms. The second-order valence-corrected chi connectivity index (χ2v) is 12.2. The molecule has 2 N–H and O–H groups in total. The number of fused-ring (bicyclic) bond motifs is 5. The molecule has 0 aromatic heterocycles. The number of benzene rings is 6. The van der Waals surface area contributed by atoms with Gasteiger partial charge < -0.3 is 29.2 Å². The molecule has 0 bridgehead atoms. The first-order valence-electron chi connectivity index (χ1n) is 16.4. The molecule has 8 rings (SSSR count). The van der Waals surface area contributed by atoms with Crippen LogP contribution in [0.1, 0.15) is 33.4 Å². The predicted molar refractivity (Wildman–Crippen MR) is 191 cm³/mol. The summed E-state index contributed by atoms with van der Waals surface area (Å²) in [5, 5.41) is 25.6. The normalized spacial score (nSPS) is 14.2. The molecule has 0 radical (unpaired) electrons. The third-order valence-corrected chi connectivity index (χ3v) is 8.94. The van der Waals surface area contributed by atoms with Crippen LogP contribution in [0.15, 0.2) is 133 Å². The number of rotatable bonds is 6. The fourth-order valence-corrected chi connectivity index (χ4v) is 6.51. The molecule has 0 spiro atoms. The van der Waals surface area contributed by atoms with E-state index in [2.05, 4.69) is 47.9 Å². The topological polar surface area (TPSA) is 77.4 Å². The fourth-order valence-electron chi connectivity index (χ4n) is 6.51. The Bertz CT molecular complexity index is 2100. The number of ether oxygens (including phenoxy) is 4. The van der Waals surface area contributed by atoms with Crippen LogP contribution in [-0.2, 0) is 33.9 Å². The second-order valence-electron chi connectivity index (χ2n) is 12.2. The van der Waals surface area contributed by atoms with Gasteiger partial charge >= 0.3 is 0 Å². The maximum Gasteiger partial charge on any atom is 0.184 e. The van der Waals surface area contributed by atoms with Crippen molar-refractivity contribution in [1.29, 1.82) is 0 Å². The van der Waals surface area contributed by atoms with E-state index in [1.165, 1.54) is 0 Å². The molecule has 2 heterocycles. The summed E-state index contributed by atoms with van der Waals surface area (Å²) in [7, 11) is 0. The van der Waals surface area contributed by atoms with Crippen LogP contribution in [0, 0.1) is 23.7 Å². The molecule has 2 aliphatic heterocycles. The van der Waals surface area contributed by atoms with E-state index in [1.807, 2.05) is 109 Å². The lowest BCUT2D eigenvalue weighted by atomic mass is 9.84. The lowest BCUT2D eigenvalue weighted by molar-refractivity contribution is 0.128. The van der Waals surface area contributed by atoms with Crippen molar-refractivity contribution in [2.24, 2.45) is 0 Å². The first-order chi connectivity index (χ1) is 24.5. The number of aliphatic hydroxyl groups is 2. The van der Waals surface area contributed by atoms with Crippen molar-refractivity contribution in [3.63, 3.8) is 0 Å². The van der Waals surface area contributed by atoms with E-state index in [9.17, 15) is 10.2 Å². The molecule has 0 saturated heterocycles. The smallest absolute Gasteiger partial charge is 0.184 e. The Kier molecular flexibility index (Phi) is 8.30. The summed E-state index contributed by atoms with van der Waals surface area (Å²) in [4.78, 5) is 0. The highest BCUT2D eigenvalue weighted by Gasteiger charge is 2.40. The van der Waals surface area contributed by atoms with Crippen molar-refractivity contribution < 1.29 is 29.2 Å². The molecule has 0 fully saturated rings. The molecule has 0 saturated carbocycles. The fraction of sp³-hybridized carbons (Fsp3) is 0.136. The van der Waals surface area contributed by atoms with E-state index in [-0.39, 0.29) is 13.2 Å². The van der Waals surface area contributed by atoms with Crippen LogP contribution in [0.5, 0.6) is 23.0 Å². The molecular weight excluding hydrogens is 624 g/mol. The van der Waals surface area contributed by atoms with E-state index in [0.29, 0.717) is 58.5 Å². The van der Waals surface area contributed by atoms with E-state index >= 15 is 0 Å². The van der Waals surface area contributed by atoms with E-state index in [4.69, 9.17) is 18.9 Å². The SMILES string of the molecule is OC1(C#CCOCc2ccc3cc(COCC#CC4(O)c5ccccc5Oc5ccccc54)ccc3c2)c2ccccc2Oc2ccccc21. The summed E-state index contributed by atoms with van der Waals surface area (Å²) < 4.78 is 23.8. The first-order valence-corrected chi connectivity index (χ1v) is 16.4. The van der Waals surface area contributed by atoms with Crippen molar-refractivity contribution in [3.8, 4) is 46.7 Å². The highest BCUT2D eigenvalue weighted by molar-refractivity contribution is 5.83. The van der Waals surface area contributed by atoms with Gasteiger partial charge in [0.15, 0.2) is 11.2 Å². The van der Waals surface area contributed by atoms with Gasteiger partial charge in [-0.25, -0.2) is 0 Å². The number of hydrogen-bond donors (Lipinski definition) is 2. The van der Waals surface area contributed by atoms with Gasteiger partial charge in [-0.2, -0.15) is 0 Å². The van der Waals surface area contributed by atoms with Gasteiger partial charge in [-0.3, -0.25) is 0 Å². The van der Waals surface area contributed by atoms with Gasteiger partial charge in [-0.05, 0) is 58.3 Å². The number of hydrogen-bond acceptors (Lipinski definition) is 6. The second kappa shape index (κ2) is 13.2. The zero-order valence-electron chi connectivity index (χ0n) is 27.1. The molecule has 6 aromatic rings. The van der Waals surface area contributed by atoms with Gasteiger partial charge in [0.1, 0.15) is 36.2 Å². The maximum atomic E-state index is 11.7. The Hall–Kier alpha value is -5.86. The molecule has 244 valence electrons. The van der Waals surface area contributed by atoms with Gasteiger partial charge in [0.25, 0.3) is 0 Å². The first kappa shape index (κ1) is 31.4. The van der Waals surface area contributed by atoms with Crippen LogP contribution in [0.2, 0.25) is 0 Å². The highest BCUT2D eigenvalue weighted by Crippen LogP contribution is 2.47. The standard InChI is InChI=1S/C44H32O6/c45-43(35-11-1-5-15-39(35)49-40-16-6-2-12-36(40)43)23-9-25-47-29-31-19-21-34-28-32(20-22-33(34)27-31)30-48-26-10-24-44(46)37-13-3-7-17-41(37)50-42-18-8-4-14-38(42)44/h1-8,11-22,27-28,45-46H,25-26,29-30H2. The lowest BCUT2D eigenvalue weighted by Crippen LogP contribution is -2.29. The van der Waals surface area contributed by atoms with Gasteiger partial charge in [-0.15, -0.1) is 0 Å². The maximum absolute atomic E-state index is 11.7. The lowest BCUT2D eigenvalue weighted by Gasteiger charge is -2.31. The van der Waals surface area contributed by atoms with Crippen molar-refractivity contribution >= 4 is 10.8 Å². The minimum absolute atomic E-state index is 0.162. The number of para-hydroxylation sites is 4. The van der Waals surface area contributed by atoms with Crippen molar-refractivity contribution in [3.05, 3.63) is 167 Å². The van der Waals surface area contributed by atoms with Crippen molar-refractivity contribution in [1.82, 2.24) is 0 Å². The summed E-state index contributed by atoms with van der Waals surface area (Å²) in [5.41, 5.74) is 1.52. The van der Waals surface area contributed by atoms with Gasteiger partial charge in [0.05, 0.1) is 13.2 Å². The van der Waals surface area contributed by atoms with Crippen LogP contribution in [-0.4, -0.2) is 23.4 Å². The largest absolute Gasteiger partial charge is 0.456 e. The molecule has 0 unspecified atom stereocenters. The van der Waals surface area contributed by atoms with E-state index in [0.717, 1.165) is 21.9 Å². The van der Waals surface area contributed by atoms with Crippen molar-refractivity contribution in [2.45, 2.75) is 24.4 Å². The van der Waals surface area contributed by atoms with Crippen LogP contribution in [0.4, 0.5) is 0 Å². The minimum Gasteiger partial charge on any atom is -0.456 e. The van der Waals surface area contributed by atoms with Crippen LogP contribution >= 0.6 is 0 Å². The summed E-state index contributed by atoms with van der Waals surface area (Å²) >= 11 is 0. The quantitative estimate of drug-likeness (QED) is 0.140. The molecule has 0 amide bonds. The molecular formula is C44H32O6. The molecule has 2 aliphatic rings. The third kappa shape index (κ3) is 5.88. The summed E-state index contributed by atoms with van der Waals surface area (Å²) in [5.74, 6) is 14.5. The Morgan fingerprint density at radius 1 is 0.460 bits per heavy atom. The van der Waals surface area contributed by atoms with Crippen LogP contribution in [0.25, 0.3) is 10.8 Å². The Balaban J connectivity index is 0.882. The van der Waals surface area contributed by atoms with Gasteiger partial charge in [0, 0.05) is 22.3 Å². The third-order valence-electron chi connectivity index (χ3n) is 8.94. The van der Waals surface area contributed by atoms with Gasteiger partial charge in [0.2, 0.25) is 0 Å².